The number of fused-ring (bicyclic) bond motifs is 21. The highest BCUT2D eigenvalue weighted by Gasteiger charge is 2.24. The fraction of sp³-hybridized carbons (Fsp3) is 0. The van der Waals surface area contributed by atoms with Crippen LogP contribution in [-0.2, 0) is 0 Å². The molecule has 0 fully saturated rings. The van der Waals surface area contributed by atoms with Crippen LogP contribution >= 0.6 is 34.0 Å². The minimum absolute atomic E-state index is 1.08. The molecule has 127 heavy (non-hydrogen) atoms. The van der Waals surface area contributed by atoms with E-state index < -0.39 is 0 Å². The Hall–Kier alpha value is -15.7. The molecule has 7 aromatic heterocycles. The third-order valence-electron chi connectivity index (χ3n) is 26.7. The van der Waals surface area contributed by atoms with Gasteiger partial charge in [0.1, 0.15) is 0 Å². The Bertz CT molecular complexity index is 9220. The van der Waals surface area contributed by atoms with Gasteiger partial charge >= 0.3 is 0 Å². The molecule has 0 atom stereocenters. The summed E-state index contributed by atoms with van der Waals surface area (Å²) in [4.78, 5) is 0. The van der Waals surface area contributed by atoms with Gasteiger partial charge in [-0.2, -0.15) is 0 Å². The molecule has 7 heterocycles. The first-order valence-corrected chi connectivity index (χ1v) is 45.9. The first-order valence-electron chi connectivity index (χ1n) is 43.5. The number of para-hydroxylation sites is 6. The quantitative estimate of drug-likeness (QED) is 0.116. The summed E-state index contributed by atoms with van der Waals surface area (Å²) < 4.78 is 17.6. The lowest BCUT2D eigenvalue weighted by molar-refractivity contribution is 1.17. The molecule has 0 aliphatic carbocycles. The minimum atomic E-state index is 1.08. The summed E-state index contributed by atoms with van der Waals surface area (Å²) in [5.74, 6) is 0. The van der Waals surface area contributed by atoms with Crippen LogP contribution in [0.3, 0.4) is 0 Å². The Balaban J connectivity index is 0.626. The lowest BCUT2D eigenvalue weighted by Crippen LogP contribution is -1.97. The van der Waals surface area contributed by atoms with Crippen molar-refractivity contribution in [1.29, 1.82) is 0 Å². The maximum atomic E-state index is 2.52. The third kappa shape index (κ3) is 11.4. The molecule has 0 aliphatic rings. The second kappa shape index (κ2) is 28.4. The topological polar surface area (TPSA) is 19.7 Å². The first-order chi connectivity index (χ1) is 62.9. The van der Waals surface area contributed by atoms with E-state index in [9.17, 15) is 0 Å². The molecule has 27 aromatic rings. The third-order valence-corrected chi connectivity index (χ3v) is 30.3. The van der Waals surface area contributed by atoms with Gasteiger partial charge in [-0.15, -0.1) is 34.0 Å². The van der Waals surface area contributed by atoms with Crippen LogP contribution in [0.25, 0.3) is 260 Å². The average Bonchev–Trinajstić information content (AvgIpc) is 1.58. The Morgan fingerprint density at radius 1 is 0.126 bits per heavy atom. The van der Waals surface area contributed by atoms with Gasteiger partial charge in [-0.3, -0.25) is 0 Å². The standard InChI is InChI=1S/C120H72N4S3/c1-9-43-107-93(31-1)94-32-2-10-44-108(94)121(107)87-29-20-26-76(66-87)82-61-83(78-53-58-118-106(70-78)105-69-77(52-57-117(105)125-118)79-51-55-99-97-35-5-13-47-111(97)123(114(99)71-79)88-30-19-25-75(65-88)73-23-17-27-80(59-73)91-39-21-41-102-100-37-7-15-49-115(100)126-119(91)102)63-84(62-82)86-64-85(74-24-18-28-81(60-74)92-40-22-42-103-101-38-8-16-50-116(101)127-120(92)103)67-90(68-86)124-112-48-14-6-36-98(112)104-72-89(54-56-113(104)124)122-109-45-11-3-33-95(109)96-34-4-12-46-110(96)122/h1-72H. The van der Waals surface area contributed by atoms with Crippen LogP contribution in [0.4, 0.5) is 0 Å². The highest BCUT2D eigenvalue weighted by molar-refractivity contribution is 7.27. The second-order valence-electron chi connectivity index (χ2n) is 33.8. The molecule has 0 saturated heterocycles. The van der Waals surface area contributed by atoms with Crippen LogP contribution in [0.5, 0.6) is 0 Å². The molecule has 0 amide bonds. The van der Waals surface area contributed by atoms with E-state index in [2.05, 4.69) is 455 Å². The summed E-state index contributed by atoms with van der Waals surface area (Å²) in [6.07, 6.45) is 0. The molecule has 0 unspecified atom stereocenters. The zero-order chi connectivity index (χ0) is 83.1. The first kappa shape index (κ1) is 71.8. The van der Waals surface area contributed by atoms with Gasteiger partial charge in [-0.1, -0.05) is 267 Å². The van der Waals surface area contributed by atoms with Crippen molar-refractivity contribution in [3.63, 3.8) is 0 Å². The molecule has 27 rings (SSSR count). The Kier molecular flexibility index (Phi) is 16.1. The molecule has 0 bridgehead atoms. The predicted octanol–water partition coefficient (Wildman–Crippen LogP) is 34.5. The van der Waals surface area contributed by atoms with Gasteiger partial charge in [0.15, 0.2) is 0 Å². The van der Waals surface area contributed by atoms with Crippen LogP contribution in [0.15, 0.2) is 437 Å². The van der Waals surface area contributed by atoms with Gasteiger partial charge in [-0.25, -0.2) is 0 Å². The Morgan fingerprint density at radius 3 is 0.898 bits per heavy atom. The molecule has 0 aliphatic heterocycles. The molecule has 0 radical (unpaired) electrons. The maximum Gasteiger partial charge on any atom is 0.0547 e. The molecule has 4 nitrogen and oxygen atoms in total. The number of aromatic nitrogens is 4. The van der Waals surface area contributed by atoms with Crippen LogP contribution in [0, 0.1) is 0 Å². The fourth-order valence-electron chi connectivity index (χ4n) is 20.9. The van der Waals surface area contributed by atoms with Gasteiger partial charge < -0.3 is 18.3 Å². The number of benzene rings is 20. The molecule has 0 spiro atoms. The largest absolute Gasteiger partial charge is 0.309 e. The van der Waals surface area contributed by atoms with Crippen LogP contribution < -0.4 is 0 Å². The zero-order valence-electron chi connectivity index (χ0n) is 68.6. The Labute approximate surface area is 742 Å². The van der Waals surface area contributed by atoms with E-state index in [0.717, 1.165) is 78.3 Å². The van der Waals surface area contributed by atoms with Crippen molar-refractivity contribution in [2.24, 2.45) is 0 Å². The highest BCUT2D eigenvalue weighted by atomic mass is 32.1. The van der Waals surface area contributed by atoms with Gasteiger partial charge in [0.25, 0.3) is 0 Å². The summed E-state index contributed by atoms with van der Waals surface area (Å²) in [6.45, 7) is 0. The van der Waals surface area contributed by atoms with Crippen molar-refractivity contribution >= 4 is 182 Å². The number of rotatable bonds is 12. The number of hydrogen-bond donors (Lipinski definition) is 0. The number of hydrogen-bond acceptors (Lipinski definition) is 3. The van der Waals surface area contributed by atoms with Gasteiger partial charge in [0.05, 0.1) is 44.1 Å². The van der Waals surface area contributed by atoms with E-state index in [1.807, 2.05) is 34.0 Å². The molecule has 590 valence electrons. The monoisotopic (exact) mass is 1660 g/mol. The van der Waals surface area contributed by atoms with Crippen LogP contribution in [0.2, 0.25) is 0 Å². The van der Waals surface area contributed by atoms with Crippen molar-refractivity contribution in [2.75, 3.05) is 0 Å². The zero-order valence-corrected chi connectivity index (χ0v) is 71.0. The highest BCUT2D eigenvalue weighted by Crippen LogP contribution is 2.49. The SMILES string of the molecule is c1cc(-c2cccc(-n3c4ccccc4c4ccc(-c5ccc6sc7ccc(-c8cc(-c9cccc(-n%10c%11ccccc%11c%11ccccc%11%10)c9)cc(-c9cc(-c%10cccc(-c%11cccc%12c%11sc%11ccccc%11%12)c%10)cc(-n%10c%11ccccc%11c%11cc(-n%12c%13ccccc%13c%13ccccc%13%12)ccc%11%10)c9)c8)cc7c6c5)cc43)c2)cc(-c2cccc3c2sc2ccccc23)c1. The van der Waals surface area contributed by atoms with Gasteiger partial charge in [0.2, 0.25) is 0 Å². The maximum absolute atomic E-state index is 2.52. The van der Waals surface area contributed by atoms with Crippen molar-refractivity contribution < 1.29 is 0 Å². The summed E-state index contributed by atoms with van der Waals surface area (Å²) in [6, 6.07) is 164. The lowest BCUT2D eigenvalue weighted by atomic mass is 9.90. The van der Waals surface area contributed by atoms with E-state index in [1.165, 1.54) is 181 Å². The summed E-state index contributed by atoms with van der Waals surface area (Å²) >= 11 is 5.64. The molecule has 0 saturated carbocycles. The van der Waals surface area contributed by atoms with Gasteiger partial charge in [0, 0.05) is 126 Å². The molecule has 20 aromatic carbocycles. The van der Waals surface area contributed by atoms with E-state index in [0.29, 0.717) is 0 Å². The normalized spacial score (nSPS) is 12.1. The van der Waals surface area contributed by atoms with Gasteiger partial charge in [-0.05, 0) is 259 Å². The minimum Gasteiger partial charge on any atom is -0.309 e. The molecule has 7 heteroatoms. The number of thiophene rings is 3. The summed E-state index contributed by atoms with van der Waals surface area (Å²) in [7, 11) is 0. The van der Waals surface area contributed by atoms with E-state index in [-0.39, 0.29) is 0 Å². The van der Waals surface area contributed by atoms with E-state index in [1.54, 1.807) is 0 Å². The lowest BCUT2D eigenvalue weighted by Gasteiger charge is -2.17. The average molecular weight is 1670 g/mol. The Morgan fingerprint density at radius 2 is 0.409 bits per heavy atom. The van der Waals surface area contributed by atoms with E-state index in [4.69, 9.17) is 0 Å². The van der Waals surface area contributed by atoms with Crippen molar-refractivity contribution in [2.45, 2.75) is 0 Å². The number of nitrogens with zero attached hydrogens (tertiary/aromatic N) is 4. The van der Waals surface area contributed by atoms with E-state index >= 15 is 0 Å². The fourth-order valence-corrected chi connectivity index (χ4v) is 24.4. The summed E-state index contributed by atoms with van der Waals surface area (Å²) in [5.41, 5.74) is 32.4. The smallest absolute Gasteiger partial charge is 0.0547 e. The molecular formula is C120H72N4S3. The predicted molar refractivity (Wildman–Crippen MR) is 546 cm³/mol. The second-order valence-corrected chi connectivity index (χ2v) is 37.0. The van der Waals surface area contributed by atoms with Crippen molar-refractivity contribution in [3.05, 3.63) is 437 Å². The van der Waals surface area contributed by atoms with Crippen LogP contribution in [-0.4, -0.2) is 18.3 Å². The summed E-state index contributed by atoms with van der Waals surface area (Å²) in [5, 5.41) is 17.5. The molecule has 0 N–H and O–H groups in total. The van der Waals surface area contributed by atoms with Crippen molar-refractivity contribution in [3.8, 4) is 112 Å². The molecular weight excluding hydrogens is 1590 g/mol. The van der Waals surface area contributed by atoms with Crippen molar-refractivity contribution in [1.82, 2.24) is 18.3 Å². The van der Waals surface area contributed by atoms with Crippen LogP contribution in [0.1, 0.15) is 0 Å².